The van der Waals surface area contributed by atoms with Gasteiger partial charge in [0.2, 0.25) is 0 Å². The Labute approximate surface area is 189 Å². The van der Waals surface area contributed by atoms with Crippen LogP contribution >= 0.6 is 0 Å². The van der Waals surface area contributed by atoms with Crippen molar-refractivity contribution in [2.45, 2.75) is 25.9 Å². The molecule has 1 amide bonds. The molecule has 1 atom stereocenters. The molecule has 0 spiro atoms. The first kappa shape index (κ1) is 21.9. The highest BCUT2D eigenvalue weighted by molar-refractivity contribution is 6.46. The van der Waals surface area contributed by atoms with E-state index < -0.39 is 22.7 Å². The van der Waals surface area contributed by atoms with Gasteiger partial charge in [0.15, 0.2) is 0 Å². The number of ketones is 1. The minimum Gasteiger partial charge on any atom is -0.507 e. The summed E-state index contributed by atoms with van der Waals surface area (Å²) < 4.78 is 1.84. The Morgan fingerprint density at radius 2 is 1.85 bits per heavy atom. The van der Waals surface area contributed by atoms with Crippen LogP contribution < -0.4 is 0 Å². The number of Topliss-reactive ketones (excluding diaryl/α,β-unsaturated/α-hetero) is 1. The van der Waals surface area contributed by atoms with Gasteiger partial charge in [-0.1, -0.05) is 42.0 Å². The summed E-state index contributed by atoms with van der Waals surface area (Å²) in [7, 11) is 0. The molecule has 1 aliphatic rings. The van der Waals surface area contributed by atoms with Crippen molar-refractivity contribution in [1.82, 2.24) is 14.5 Å². The number of nitro benzene ring substituents is 1. The fraction of sp³-hybridized carbons (Fsp3) is 0.208. The molecule has 33 heavy (non-hydrogen) atoms. The number of aliphatic hydroxyl groups is 1. The predicted octanol–water partition coefficient (Wildman–Crippen LogP) is 3.61. The van der Waals surface area contributed by atoms with Crippen molar-refractivity contribution in [2.24, 2.45) is 0 Å². The number of aromatic nitrogens is 2. The van der Waals surface area contributed by atoms with Gasteiger partial charge in [-0.2, -0.15) is 0 Å². The highest BCUT2D eigenvalue weighted by atomic mass is 16.6. The van der Waals surface area contributed by atoms with Crippen molar-refractivity contribution in [3.8, 4) is 0 Å². The molecule has 1 N–H and O–H groups in total. The van der Waals surface area contributed by atoms with Gasteiger partial charge in [0.25, 0.3) is 17.4 Å². The number of hydrogen-bond acceptors (Lipinski definition) is 6. The third-order valence-corrected chi connectivity index (χ3v) is 5.67. The van der Waals surface area contributed by atoms with E-state index in [-0.39, 0.29) is 29.1 Å². The van der Waals surface area contributed by atoms with Crippen molar-refractivity contribution < 1.29 is 19.6 Å². The van der Waals surface area contributed by atoms with Crippen LogP contribution in [-0.2, 0) is 16.1 Å². The fourth-order valence-electron chi connectivity index (χ4n) is 4.03. The maximum Gasteiger partial charge on any atom is 0.295 e. The number of likely N-dealkylation sites (tertiary alicyclic amines) is 1. The predicted molar refractivity (Wildman–Crippen MR) is 120 cm³/mol. The van der Waals surface area contributed by atoms with E-state index in [0.717, 1.165) is 5.56 Å². The lowest BCUT2D eigenvalue weighted by Gasteiger charge is -2.25. The van der Waals surface area contributed by atoms with Gasteiger partial charge in [0, 0.05) is 37.1 Å². The lowest BCUT2D eigenvalue weighted by molar-refractivity contribution is -0.385. The molecule has 9 nitrogen and oxygen atoms in total. The minimum atomic E-state index is -1.07. The average Bonchev–Trinajstić information content (AvgIpc) is 3.41. The van der Waals surface area contributed by atoms with Gasteiger partial charge in [0.1, 0.15) is 5.76 Å². The van der Waals surface area contributed by atoms with Gasteiger partial charge in [-0.3, -0.25) is 19.7 Å². The maximum atomic E-state index is 13.1. The van der Waals surface area contributed by atoms with E-state index in [1.807, 2.05) is 11.5 Å². The van der Waals surface area contributed by atoms with Crippen molar-refractivity contribution in [2.75, 3.05) is 6.54 Å². The number of carbonyl (C=O) groups is 2. The molecule has 0 aliphatic carbocycles. The van der Waals surface area contributed by atoms with Gasteiger partial charge in [0.05, 0.1) is 28.4 Å². The molecule has 1 aliphatic heterocycles. The van der Waals surface area contributed by atoms with E-state index in [2.05, 4.69) is 4.98 Å². The molecule has 1 fully saturated rings. The molecule has 2 heterocycles. The van der Waals surface area contributed by atoms with Gasteiger partial charge in [-0.05, 0) is 19.4 Å². The van der Waals surface area contributed by atoms with Crippen LogP contribution in [0.3, 0.4) is 0 Å². The zero-order valence-corrected chi connectivity index (χ0v) is 17.9. The van der Waals surface area contributed by atoms with Gasteiger partial charge >= 0.3 is 0 Å². The Hall–Kier alpha value is -4.27. The van der Waals surface area contributed by atoms with E-state index >= 15 is 0 Å². The van der Waals surface area contributed by atoms with Crippen molar-refractivity contribution in [3.05, 3.63) is 99.6 Å². The molecule has 0 radical (unpaired) electrons. The molecule has 3 aromatic rings. The topological polar surface area (TPSA) is 119 Å². The lowest BCUT2D eigenvalue weighted by atomic mass is 9.94. The summed E-state index contributed by atoms with van der Waals surface area (Å²) in [4.78, 5) is 42.5. The first-order valence-electron chi connectivity index (χ1n) is 10.4. The third-order valence-electron chi connectivity index (χ3n) is 5.67. The van der Waals surface area contributed by atoms with Crippen LogP contribution in [0.25, 0.3) is 5.76 Å². The number of nitrogens with zero attached hydrogens (tertiary/aromatic N) is 4. The summed E-state index contributed by atoms with van der Waals surface area (Å²) in [6.45, 7) is 2.60. The number of carbonyl (C=O) groups excluding carboxylic acids is 2. The Morgan fingerprint density at radius 3 is 2.52 bits per heavy atom. The third kappa shape index (κ3) is 4.25. The number of rotatable bonds is 7. The maximum absolute atomic E-state index is 13.1. The molecule has 0 saturated carbocycles. The number of nitro groups is 1. The molecule has 1 saturated heterocycles. The van der Waals surface area contributed by atoms with Crippen LogP contribution in [0.5, 0.6) is 0 Å². The molecule has 168 valence electrons. The first-order chi connectivity index (χ1) is 15.9. The highest BCUT2D eigenvalue weighted by Crippen LogP contribution is 2.42. The zero-order chi connectivity index (χ0) is 23.5. The summed E-state index contributed by atoms with van der Waals surface area (Å²) in [5.41, 5.74) is 1.12. The van der Waals surface area contributed by atoms with Gasteiger partial charge in [-0.25, -0.2) is 4.98 Å². The smallest absolute Gasteiger partial charge is 0.295 e. The van der Waals surface area contributed by atoms with Crippen LogP contribution in [0.15, 0.2) is 72.8 Å². The second kappa shape index (κ2) is 9.07. The molecule has 9 heteroatoms. The normalized spacial score (nSPS) is 17.5. The molecule has 2 aromatic carbocycles. The standard InChI is InChI=1S/C24H22N4O5/c1-16-7-9-17(10-8-16)22(29)20-21(18-5-2-3-6-19(18)28(32)33)27(24(31)23(20)30)13-4-12-26-14-11-25-15-26/h2-3,5-11,14-15,21,29H,4,12-13H2,1H3/b22-20-. The quantitative estimate of drug-likeness (QED) is 0.195. The molecular weight excluding hydrogens is 424 g/mol. The van der Waals surface area contributed by atoms with Crippen molar-refractivity contribution in [1.29, 1.82) is 0 Å². The van der Waals surface area contributed by atoms with Crippen molar-refractivity contribution in [3.63, 3.8) is 0 Å². The Bertz CT molecular complexity index is 1230. The van der Waals surface area contributed by atoms with E-state index in [9.17, 15) is 24.8 Å². The Balaban J connectivity index is 1.80. The average molecular weight is 446 g/mol. The van der Waals surface area contributed by atoms with Crippen LogP contribution in [0.2, 0.25) is 0 Å². The monoisotopic (exact) mass is 446 g/mol. The van der Waals surface area contributed by atoms with Crippen LogP contribution in [0.1, 0.15) is 29.2 Å². The van der Waals surface area contributed by atoms with E-state index in [1.54, 1.807) is 49.1 Å². The van der Waals surface area contributed by atoms with E-state index in [1.165, 1.54) is 23.1 Å². The second-order valence-corrected chi connectivity index (χ2v) is 7.83. The van der Waals surface area contributed by atoms with Crippen LogP contribution in [0, 0.1) is 17.0 Å². The SMILES string of the molecule is Cc1ccc(/C(O)=C2/C(=O)C(=O)N(CCCn3ccnc3)C2c2ccccc2[N+](=O)[O-])cc1. The summed E-state index contributed by atoms with van der Waals surface area (Å²) in [5.74, 6) is -2.01. The number of benzene rings is 2. The van der Waals surface area contributed by atoms with E-state index in [4.69, 9.17) is 0 Å². The summed E-state index contributed by atoms with van der Waals surface area (Å²) >= 11 is 0. The number of hydrogen-bond donors (Lipinski definition) is 1. The highest BCUT2D eigenvalue weighted by Gasteiger charge is 2.47. The van der Waals surface area contributed by atoms with Crippen molar-refractivity contribution >= 4 is 23.1 Å². The van der Waals surface area contributed by atoms with Crippen LogP contribution in [-0.4, -0.2) is 42.7 Å². The fourth-order valence-corrected chi connectivity index (χ4v) is 4.03. The molecular formula is C24H22N4O5. The minimum absolute atomic E-state index is 0.152. The van der Waals surface area contributed by atoms with Crippen LogP contribution in [0.4, 0.5) is 5.69 Å². The molecule has 1 aromatic heterocycles. The lowest BCUT2D eigenvalue weighted by Crippen LogP contribution is -2.31. The number of aliphatic hydroxyl groups excluding tert-OH is 1. The number of amides is 1. The second-order valence-electron chi connectivity index (χ2n) is 7.83. The Morgan fingerprint density at radius 1 is 1.12 bits per heavy atom. The van der Waals surface area contributed by atoms with E-state index in [0.29, 0.717) is 18.5 Å². The molecule has 4 rings (SSSR count). The summed E-state index contributed by atoms with van der Waals surface area (Å²) in [6, 6.07) is 11.7. The first-order valence-corrected chi connectivity index (χ1v) is 10.4. The number of para-hydroxylation sites is 1. The van der Waals surface area contributed by atoms with Gasteiger partial charge in [-0.15, -0.1) is 0 Å². The number of imidazole rings is 1. The van der Waals surface area contributed by atoms with Gasteiger partial charge < -0.3 is 14.6 Å². The summed E-state index contributed by atoms with van der Waals surface area (Å²) in [5, 5.41) is 22.8. The molecule has 0 bridgehead atoms. The summed E-state index contributed by atoms with van der Waals surface area (Å²) in [6.07, 6.45) is 5.56. The number of aryl methyl sites for hydroxylation is 2. The largest absolute Gasteiger partial charge is 0.507 e. The zero-order valence-electron chi connectivity index (χ0n) is 17.9. The molecule has 1 unspecified atom stereocenters. The Kier molecular flexibility index (Phi) is 6.03.